The minimum absolute atomic E-state index is 0.0639. The van der Waals surface area contributed by atoms with Crippen LogP contribution in [0.4, 0.5) is 30.5 Å². The molecule has 5 heterocycles. The number of ether oxygens (including phenoxy) is 2. The van der Waals surface area contributed by atoms with Crippen molar-refractivity contribution in [3.63, 3.8) is 0 Å². The summed E-state index contributed by atoms with van der Waals surface area (Å²) in [7, 11) is 0. The largest absolute Gasteiger partial charge is 0.490 e. The second kappa shape index (κ2) is 9.75. The summed E-state index contributed by atoms with van der Waals surface area (Å²) in [6, 6.07) is 3.77. The van der Waals surface area contributed by atoms with E-state index in [1.807, 2.05) is 4.90 Å². The Morgan fingerprint density at radius 1 is 1.21 bits per heavy atom. The average Bonchev–Trinajstić information content (AvgIpc) is 3.68. The molecule has 3 saturated heterocycles. The van der Waals surface area contributed by atoms with Gasteiger partial charge in [-0.3, -0.25) is 4.79 Å². The van der Waals surface area contributed by atoms with Gasteiger partial charge in [0.25, 0.3) is 0 Å². The molecule has 0 spiro atoms. The third-order valence-electron chi connectivity index (χ3n) is 7.31. The minimum atomic E-state index is -1.14. The Balaban J connectivity index is 1.25. The number of amides is 1. The average molecular weight is 527 g/mol. The highest BCUT2D eigenvalue weighted by atomic mass is 19.2. The van der Waals surface area contributed by atoms with Crippen molar-refractivity contribution in [2.45, 2.75) is 24.9 Å². The van der Waals surface area contributed by atoms with Crippen molar-refractivity contribution in [2.24, 2.45) is 5.92 Å². The second-order valence-corrected chi connectivity index (χ2v) is 9.68. The molecule has 1 aromatic carbocycles. The number of nitrogens with zero attached hydrogens (tertiary/aromatic N) is 5. The molecule has 3 aliphatic rings. The van der Waals surface area contributed by atoms with Gasteiger partial charge >= 0.3 is 0 Å². The molecule has 2 bridgehead atoms. The maximum Gasteiger partial charge on any atom is 0.246 e. The summed E-state index contributed by atoms with van der Waals surface area (Å²) in [6.07, 6.45) is 3.98. The Hall–Kier alpha value is -3.93. The Bertz CT molecular complexity index is 1420. The van der Waals surface area contributed by atoms with Crippen molar-refractivity contribution in [1.29, 1.82) is 0 Å². The van der Waals surface area contributed by atoms with E-state index in [2.05, 4.69) is 26.8 Å². The number of nitrogens with one attached hydrogen (secondary N) is 1. The van der Waals surface area contributed by atoms with E-state index in [4.69, 9.17) is 9.47 Å². The van der Waals surface area contributed by atoms with Gasteiger partial charge in [-0.25, -0.2) is 23.7 Å². The Kier molecular flexibility index (Phi) is 6.26. The fourth-order valence-electron chi connectivity index (χ4n) is 5.35. The highest BCUT2D eigenvalue weighted by Crippen LogP contribution is 2.37. The van der Waals surface area contributed by atoms with Crippen LogP contribution in [0, 0.1) is 23.4 Å². The number of anilines is 3. The number of fused-ring (bicyclic) bond motifs is 3. The predicted octanol–water partition coefficient (Wildman–Crippen LogP) is 3.58. The molecular weight excluding hydrogens is 501 g/mol. The second-order valence-electron chi connectivity index (χ2n) is 9.68. The van der Waals surface area contributed by atoms with Gasteiger partial charge in [-0.2, -0.15) is 4.39 Å². The molecule has 0 unspecified atom stereocenters. The summed E-state index contributed by atoms with van der Waals surface area (Å²) in [5, 5.41) is 2.77. The van der Waals surface area contributed by atoms with E-state index in [0.29, 0.717) is 32.7 Å². The van der Waals surface area contributed by atoms with Crippen molar-refractivity contribution >= 4 is 34.3 Å². The zero-order chi connectivity index (χ0) is 26.4. The van der Waals surface area contributed by atoms with E-state index in [1.165, 1.54) is 30.6 Å². The predicted molar refractivity (Wildman–Crippen MR) is 133 cm³/mol. The molecule has 3 aromatic rings. The van der Waals surface area contributed by atoms with Gasteiger partial charge in [-0.15, -0.1) is 0 Å². The molecule has 1 amide bonds. The van der Waals surface area contributed by atoms with Gasteiger partial charge in [0, 0.05) is 31.7 Å². The van der Waals surface area contributed by atoms with Gasteiger partial charge < -0.3 is 24.6 Å². The fourth-order valence-corrected chi connectivity index (χ4v) is 5.35. The number of carbonyl (C=O) groups excluding carboxylic acids is 1. The molecule has 6 rings (SSSR count). The van der Waals surface area contributed by atoms with Crippen molar-refractivity contribution in [1.82, 2.24) is 19.9 Å². The van der Waals surface area contributed by atoms with Crippen LogP contribution < -0.4 is 15.0 Å². The zero-order valence-electron chi connectivity index (χ0n) is 20.4. The number of hydrogen-bond donors (Lipinski definition) is 1. The lowest BCUT2D eigenvalue weighted by Gasteiger charge is -2.34. The van der Waals surface area contributed by atoms with Gasteiger partial charge in [0.2, 0.25) is 11.7 Å². The molecule has 3 atom stereocenters. The van der Waals surface area contributed by atoms with E-state index >= 15 is 4.39 Å². The van der Waals surface area contributed by atoms with E-state index in [1.54, 1.807) is 4.90 Å². The molecule has 38 heavy (non-hydrogen) atoms. The molecule has 1 N–H and O–H groups in total. The first-order chi connectivity index (χ1) is 18.4. The minimum Gasteiger partial charge on any atom is -0.490 e. The number of rotatable bonds is 7. The maximum absolute atomic E-state index is 15.1. The Labute approximate surface area is 216 Å². The number of halogens is 3. The van der Waals surface area contributed by atoms with E-state index in [-0.39, 0.29) is 64.6 Å². The standard InChI is InChI=1S/C26H25F3N6O3/c1-2-21(36)34-9-16-7-15(34)10-35(16)26-17(27)8-19-24(33-26)25(31-13-30-19)32-18-3-4-20(23(29)22(18)28)38-12-14-5-6-37-11-14/h2-4,8,13-16H,1,5-7,9-12H2,(H,30,31,32)/t14-,15-,16-/m0/s1. The summed E-state index contributed by atoms with van der Waals surface area (Å²) < 4.78 is 55.6. The van der Waals surface area contributed by atoms with E-state index in [9.17, 15) is 13.6 Å². The molecule has 3 fully saturated rings. The van der Waals surface area contributed by atoms with E-state index < -0.39 is 17.5 Å². The van der Waals surface area contributed by atoms with Crippen LogP contribution in [0.1, 0.15) is 12.8 Å². The molecule has 12 heteroatoms. The topological polar surface area (TPSA) is 92.7 Å². The highest BCUT2D eigenvalue weighted by Gasteiger charge is 2.46. The number of benzene rings is 1. The van der Waals surface area contributed by atoms with Gasteiger partial charge in [-0.1, -0.05) is 6.58 Å². The molecule has 0 saturated carbocycles. The van der Waals surface area contributed by atoms with Crippen molar-refractivity contribution in [3.05, 3.63) is 54.6 Å². The monoisotopic (exact) mass is 526 g/mol. The van der Waals surface area contributed by atoms with Gasteiger partial charge in [0.05, 0.1) is 36.5 Å². The summed E-state index contributed by atoms with van der Waals surface area (Å²) in [5.41, 5.74) is 0.230. The van der Waals surface area contributed by atoms with Crippen LogP contribution in [0.25, 0.3) is 11.0 Å². The lowest BCUT2D eigenvalue weighted by atomic mass is 10.1. The molecule has 9 nitrogen and oxygen atoms in total. The highest BCUT2D eigenvalue weighted by molar-refractivity contribution is 5.89. The summed E-state index contributed by atoms with van der Waals surface area (Å²) >= 11 is 0. The normalized spacial score (nSPS) is 22.3. The SMILES string of the molecule is C=CC(=O)N1C[C@@H]2C[C@H]1CN2c1nc2c(Nc3ccc(OC[C@H]4CCOC4)c(F)c3F)ncnc2cc1F. The summed E-state index contributed by atoms with van der Waals surface area (Å²) in [6.45, 7) is 5.80. The third-order valence-corrected chi connectivity index (χ3v) is 7.31. The van der Waals surface area contributed by atoms with Crippen molar-refractivity contribution < 1.29 is 27.4 Å². The lowest BCUT2D eigenvalue weighted by Crippen LogP contribution is -2.48. The Morgan fingerprint density at radius 2 is 2.08 bits per heavy atom. The van der Waals surface area contributed by atoms with Gasteiger partial charge in [0.15, 0.2) is 29.0 Å². The van der Waals surface area contributed by atoms with Crippen LogP contribution in [0.15, 0.2) is 37.2 Å². The first kappa shape index (κ1) is 24.4. The number of pyridine rings is 1. The van der Waals surface area contributed by atoms with Gasteiger partial charge in [0.1, 0.15) is 11.8 Å². The number of carbonyl (C=O) groups is 1. The van der Waals surface area contributed by atoms with Crippen LogP contribution in [0.5, 0.6) is 5.75 Å². The number of hydrogen-bond acceptors (Lipinski definition) is 8. The number of aromatic nitrogens is 3. The molecule has 0 aliphatic carbocycles. The molecule has 198 valence electrons. The molecular formula is C26H25F3N6O3. The first-order valence-corrected chi connectivity index (χ1v) is 12.4. The molecule has 0 radical (unpaired) electrons. The van der Waals surface area contributed by atoms with Crippen LogP contribution in [-0.4, -0.2) is 70.8 Å². The number of likely N-dealkylation sites (tertiary alicyclic amines) is 1. The molecule has 2 aromatic heterocycles. The zero-order valence-corrected chi connectivity index (χ0v) is 20.4. The fraction of sp³-hybridized carbons (Fsp3) is 0.385. The van der Waals surface area contributed by atoms with Crippen molar-refractivity contribution in [3.8, 4) is 5.75 Å². The van der Waals surface area contributed by atoms with Crippen LogP contribution >= 0.6 is 0 Å². The Morgan fingerprint density at radius 3 is 2.82 bits per heavy atom. The van der Waals surface area contributed by atoms with Gasteiger partial charge in [-0.05, 0) is 31.1 Å². The van der Waals surface area contributed by atoms with Crippen molar-refractivity contribution in [2.75, 3.05) is 43.1 Å². The smallest absolute Gasteiger partial charge is 0.246 e. The van der Waals surface area contributed by atoms with E-state index in [0.717, 1.165) is 6.42 Å². The summed E-state index contributed by atoms with van der Waals surface area (Å²) in [5.74, 6) is -2.84. The van der Waals surface area contributed by atoms with Crippen LogP contribution in [-0.2, 0) is 9.53 Å². The van der Waals surface area contributed by atoms with Crippen LogP contribution in [0.2, 0.25) is 0 Å². The first-order valence-electron chi connectivity index (χ1n) is 12.4. The van der Waals surface area contributed by atoms with Crippen LogP contribution in [0.3, 0.4) is 0 Å². The third kappa shape index (κ3) is 4.28. The number of piperazine rings is 1. The quantitative estimate of drug-likeness (QED) is 0.467. The lowest BCUT2D eigenvalue weighted by molar-refractivity contribution is -0.127. The summed E-state index contributed by atoms with van der Waals surface area (Å²) in [4.78, 5) is 28.4. The maximum atomic E-state index is 15.1. The molecule has 3 aliphatic heterocycles.